The molecule has 2 aliphatic carbocycles. The number of nitrogens with one attached hydrogen (secondary N) is 1. The molecule has 1 aliphatic heterocycles. The summed E-state index contributed by atoms with van der Waals surface area (Å²) < 4.78 is 0. The van der Waals surface area contributed by atoms with Crippen LogP contribution in [-0.4, -0.2) is 29.1 Å². The van der Waals surface area contributed by atoms with E-state index in [1.165, 1.54) is 44.9 Å². The molecule has 0 spiro atoms. The van der Waals surface area contributed by atoms with Crippen LogP contribution in [-0.2, 0) is 4.79 Å². The van der Waals surface area contributed by atoms with Gasteiger partial charge in [0.25, 0.3) is 0 Å². The lowest BCUT2D eigenvalue weighted by molar-refractivity contribution is -0.135. The maximum Gasteiger partial charge on any atom is 0.240 e. The van der Waals surface area contributed by atoms with Crippen molar-refractivity contribution in [2.24, 2.45) is 17.8 Å². The van der Waals surface area contributed by atoms with Crippen LogP contribution < -0.4 is 5.32 Å². The first kappa shape index (κ1) is 14.4. The van der Waals surface area contributed by atoms with E-state index < -0.39 is 0 Å². The summed E-state index contributed by atoms with van der Waals surface area (Å²) in [5, 5.41) is 3.60. The molecule has 0 aromatic heterocycles. The van der Waals surface area contributed by atoms with Gasteiger partial charge in [-0.05, 0) is 43.9 Å². The predicted octanol–water partition coefficient (Wildman–Crippen LogP) is 3.15. The van der Waals surface area contributed by atoms with Crippen LogP contribution in [0.1, 0.15) is 65.7 Å². The molecule has 0 radical (unpaired) electrons. The Morgan fingerprint density at radius 3 is 2.40 bits per heavy atom. The summed E-state index contributed by atoms with van der Waals surface area (Å²) in [4.78, 5) is 15.0. The van der Waals surface area contributed by atoms with Crippen LogP contribution >= 0.6 is 0 Å². The minimum absolute atomic E-state index is 0.0185. The van der Waals surface area contributed by atoms with Gasteiger partial charge in [0, 0.05) is 6.04 Å². The van der Waals surface area contributed by atoms with Gasteiger partial charge in [-0.25, -0.2) is 0 Å². The fourth-order valence-electron chi connectivity index (χ4n) is 4.72. The Morgan fingerprint density at radius 2 is 1.70 bits per heavy atom. The molecule has 1 saturated heterocycles. The molecule has 0 aromatic rings. The van der Waals surface area contributed by atoms with E-state index >= 15 is 0 Å². The lowest BCUT2D eigenvalue weighted by Gasteiger charge is -2.43. The Labute approximate surface area is 123 Å². The van der Waals surface area contributed by atoms with Crippen molar-refractivity contribution in [2.45, 2.75) is 84.0 Å². The van der Waals surface area contributed by atoms with E-state index in [1.54, 1.807) is 0 Å². The second-order valence-corrected chi connectivity index (χ2v) is 7.46. The first-order chi connectivity index (χ1) is 9.59. The highest BCUT2D eigenvalue weighted by atomic mass is 16.2. The molecular formula is C17H30N2O. The third kappa shape index (κ3) is 2.38. The molecule has 0 bridgehead atoms. The maximum absolute atomic E-state index is 12.7. The monoisotopic (exact) mass is 278 g/mol. The smallest absolute Gasteiger partial charge is 0.240 e. The largest absolute Gasteiger partial charge is 0.322 e. The van der Waals surface area contributed by atoms with Gasteiger partial charge in [-0.1, -0.05) is 39.5 Å². The molecule has 114 valence electrons. The van der Waals surface area contributed by atoms with E-state index in [1.807, 2.05) is 6.92 Å². The third-order valence-electron chi connectivity index (χ3n) is 6.21. The number of carbonyl (C=O) groups excluding carboxylic acids is 1. The Hall–Kier alpha value is -0.570. The van der Waals surface area contributed by atoms with Crippen molar-refractivity contribution in [2.75, 3.05) is 0 Å². The van der Waals surface area contributed by atoms with Gasteiger partial charge in [-0.15, -0.1) is 0 Å². The molecular weight excluding hydrogens is 248 g/mol. The van der Waals surface area contributed by atoms with Gasteiger partial charge < -0.3 is 4.90 Å². The van der Waals surface area contributed by atoms with Crippen LogP contribution in [0.4, 0.5) is 0 Å². The molecule has 1 heterocycles. The average Bonchev–Trinajstić information content (AvgIpc) is 3.04. The standard InChI is InChI=1S/C17H30N2O/c1-11-7-6-10-15(12(11)2)19-16(14-8-4-5-9-14)18-13(3)17(19)20/h11-16,18H,4-10H2,1-3H3. The summed E-state index contributed by atoms with van der Waals surface area (Å²) in [6.07, 6.45) is 9.41. The van der Waals surface area contributed by atoms with Crippen molar-refractivity contribution in [3.05, 3.63) is 0 Å². The number of rotatable bonds is 2. The highest BCUT2D eigenvalue weighted by Crippen LogP contribution is 2.39. The molecule has 20 heavy (non-hydrogen) atoms. The summed E-state index contributed by atoms with van der Waals surface area (Å²) in [5.41, 5.74) is 0. The molecule has 5 atom stereocenters. The van der Waals surface area contributed by atoms with Crippen LogP contribution in [0, 0.1) is 17.8 Å². The van der Waals surface area contributed by atoms with Crippen LogP contribution in [0.2, 0.25) is 0 Å². The Bertz CT molecular complexity index is 360. The average molecular weight is 278 g/mol. The van der Waals surface area contributed by atoms with Crippen LogP contribution in [0.3, 0.4) is 0 Å². The molecule has 3 rings (SSSR count). The van der Waals surface area contributed by atoms with E-state index in [9.17, 15) is 4.79 Å². The molecule has 2 saturated carbocycles. The summed E-state index contributed by atoms with van der Waals surface area (Å²) in [5.74, 6) is 2.44. The molecule has 0 aromatic carbocycles. The highest BCUT2D eigenvalue weighted by molar-refractivity contribution is 5.84. The van der Waals surface area contributed by atoms with Crippen molar-refractivity contribution >= 4 is 5.91 Å². The van der Waals surface area contributed by atoms with E-state index in [2.05, 4.69) is 24.1 Å². The minimum atomic E-state index is 0.0185. The Balaban J connectivity index is 1.81. The number of carbonyl (C=O) groups is 1. The molecule has 1 amide bonds. The summed E-state index contributed by atoms with van der Waals surface area (Å²) >= 11 is 0. The lowest BCUT2D eigenvalue weighted by atomic mass is 9.77. The van der Waals surface area contributed by atoms with E-state index in [0.717, 1.165) is 5.92 Å². The molecule has 1 N–H and O–H groups in total. The fraction of sp³-hybridized carbons (Fsp3) is 0.941. The van der Waals surface area contributed by atoms with Crippen LogP contribution in [0.25, 0.3) is 0 Å². The third-order valence-corrected chi connectivity index (χ3v) is 6.21. The summed E-state index contributed by atoms with van der Waals surface area (Å²) in [6, 6.07) is 0.485. The SMILES string of the molecule is CC1NC(C2CCCC2)N(C2CCCC(C)C2C)C1=O. The Kier molecular flexibility index (Phi) is 4.07. The van der Waals surface area contributed by atoms with E-state index in [0.29, 0.717) is 30.0 Å². The zero-order chi connectivity index (χ0) is 14.3. The number of amides is 1. The van der Waals surface area contributed by atoms with E-state index in [-0.39, 0.29) is 6.04 Å². The topological polar surface area (TPSA) is 32.3 Å². The first-order valence-electron chi connectivity index (χ1n) is 8.68. The van der Waals surface area contributed by atoms with Gasteiger partial charge in [-0.2, -0.15) is 0 Å². The molecule has 5 unspecified atom stereocenters. The van der Waals surface area contributed by atoms with Crippen molar-refractivity contribution in [3.63, 3.8) is 0 Å². The van der Waals surface area contributed by atoms with Crippen LogP contribution in [0.5, 0.6) is 0 Å². The van der Waals surface area contributed by atoms with Gasteiger partial charge in [-0.3, -0.25) is 10.1 Å². The summed E-state index contributed by atoms with van der Waals surface area (Å²) in [6.45, 7) is 6.76. The van der Waals surface area contributed by atoms with Gasteiger partial charge in [0.1, 0.15) is 0 Å². The van der Waals surface area contributed by atoms with Gasteiger partial charge in [0.05, 0.1) is 12.2 Å². The number of nitrogens with zero attached hydrogens (tertiary/aromatic N) is 1. The fourth-order valence-corrected chi connectivity index (χ4v) is 4.72. The zero-order valence-corrected chi connectivity index (χ0v) is 13.3. The number of hydrogen-bond donors (Lipinski definition) is 1. The zero-order valence-electron chi connectivity index (χ0n) is 13.3. The second-order valence-electron chi connectivity index (χ2n) is 7.46. The van der Waals surface area contributed by atoms with Gasteiger partial charge in [0.15, 0.2) is 0 Å². The molecule has 3 aliphatic rings. The van der Waals surface area contributed by atoms with Crippen molar-refractivity contribution in [1.82, 2.24) is 10.2 Å². The molecule has 3 fully saturated rings. The highest BCUT2D eigenvalue weighted by Gasteiger charge is 2.46. The van der Waals surface area contributed by atoms with Crippen molar-refractivity contribution in [1.29, 1.82) is 0 Å². The second kappa shape index (κ2) is 5.67. The maximum atomic E-state index is 12.7. The quantitative estimate of drug-likeness (QED) is 0.841. The van der Waals surface area contributed by atoms with Crippen molar-refractivity contribution < 1.29 is 4.79 Å². The van der Waals surface area contributed by atoms with Gasteiger partial charge in [0.2, 0.25) is 5.91 Å². The minimum Gasteiger partial charge on any atom is -0.322 e. The Morgan fingerprint density at radius 1 is 1.00 bits per heavy atom. The molecule has 3 nitrogen and oxygen atoms in total. The van der Waals surface area contributed by atoms with Crippen LogP contribution in [0.15, 0.2) is 0 Å². The number of hydrogen-bond acceptors (Lipinski definition) is 2. The summed E-state index contributed by atoms with van der Waals surface area (Å²) in [7, 11) is 0. The predicted molar refractivity (Wildman–Crippen MR) is 81.2 cm³/mol. The van der Waals surface area contributed by atoms with Crippen molar-refractivity contribution in [3.8, 4) is 0 Å². The first-order valence-corrected chi connectivity index (χ1v) is 8.68. The van der Waals surface area contributed by atoms with Gasteiger partial charge >= 0.3 is 0 Å². The lowest BCUT2D eigenvalue weighted by Crippen LogP contribution is -2.52. The molecule has 3 heteroatoms. The van der Waals surface area contributed by atoms with E-state index in [4.69, 9.17) is 0 Å². The normalized spacial score (nSPS) is 43.5.